The molecule has 2 atom stereocenters. The minimum absolute atomic E-state index is 0.00937. The fourth-order valence-corrected chi connectivity index (χ4v) is 6.21. The number of likely N-dealkylation sites (N-methyl/N-ethyl adjacent to an activating group) is 1. The lowest BCUT2D eigenvalue weighted by molar-refractivity contribution is -0.870. The van der Waals surface area contributed by atoms with Crippen LogP contribution in [0.1, 0.15) is 155 Å². The zero-order valence-electron chi connectivity index (χ0n) is 37.2. The van der Waals surface area contributed by atoms with E-state index in [1.807, 2.05) is 39.4 Å². The van der Waals surface area contributed by atoms with Crippen LogP contribution in [0, 0.1) is 0 Å². The Morgan fingerprint density at radius 2 is 0.983 bits per heavy atom. The van der Waals surface area contributed by atoms with Crippen molar-refractivity contribution >= 4 is 19.8 Å². The highest BCUT2D eigenvalue weighted by atomic mass is 31.2. The molecule has 0 rings (SSSR count). The van der Waals surface area contributed by atoms with E-state index in [0.29, 0.717) is 23.9 Å². The second-order valence-electron chi connectivity index (χ2n) is 15.7. The van der Waals surface area contributed by atoms with Gasteiger partial charge in [0, 0.05) is 12.8 Å². The highest BCUT2D eigenvalue weighted by Gasteiger charge is 2.27. The van der Waals surface area contributed by atoms with E-state index < -0.39 is 32.5 Å². The molecule has 0 radical (unpaired) electrons. The summed E-state index contributed by atoms with van der Waals surface area (Å²) in [5.74, 6) is -0.960. The molecule has 0 bridgehead atoms. The van der Waals surface area contributed by atoms with Crippen molar-refractivity contribution in [1.29, 1.82) is 0 Å². The normalized spacial score (nSPS) is 14.4. The Bertz CT molecular complexity index is 1260. The molecule has 0 fully saturated rings. The smallest absolute Gasteiger partial charge is 0.462 e. The summed E-state index contributed by atoms with van der Waals surface area (Å²) in [7, 11) is 1.40. The van der Waals surface area contributed by atoms with E-state index in [1.165, 1.54) is 64.2 Å². The van der Waals surface area contributed by atoms with Gasteiger partial charge in [0.15, 0.2) is 6.10 Å². The number of hydrogen-bond donors (Lipinski definition) is 1. The maximum absolute atomic E-state index is 12.7. The Hall–Kier alpha value is -2.81. The Morgan fingerprint density at radius 1 is 0.552 bits per heavy atom. The molecule has 2 unspecified atom stereocenters. The first-order valence-electron chi connectivity index (χ1n) is 22.3. The lowest BCUT2D eigenvalue weighted by atomic mass is 10.1. The number of ether oxygens (including phenoxy) is 2. The molecule has 10 heteroatoms. The van der Waals surface area contributed by atoms with Crippen molar-refractivity contribution < 1.29 is 42.1 Å². The molecule has 0 aromatic rings. The van der Waals surface area contributed by atoms with Gasteiger partial charge in [-0.2, -0.15) is 0 Å². The van der Waals surface area contributed by atoms with Crippen molar-refractivity contribution in [2.45, 2.75) is 161 Å². The minimum atomic E-state index is -4.41. The summed E-state index contributed by atoms with van der Waals surface area (Å²) in [6, 6.07) is 0. The second kappa shape index (κ2) is 39.6. The molecule has 0 saturated heterocycles. The molecule has 0 saturated carbocycles. The first-order chi connectivity index (χ1) is 28.0. The maximum atomic E-state index is 12.7. The van der Waals surface area contributed by atoms with Gasteiger partial charge in [0.1, 0.15) is 19.8 Å². The molecule has 0 aliphatic carbocycles. The Kier molecular flexibility index (Phi) is 37.7. The van der Waals surface area contributed by atoms with E-state index in [2.05, 4.69) is 80.7 Å². The van der Waals surface area contributed by atoms with Crippen LogP contribution in [0.15, 0.2) is 85.1 Å². The lowest BCUT2D eigenvalue weighted by Crippen LogP contribution is -2.37. The van der Waals surface area contributed by atoms with E-state index in [1.54, 1.807) is 0 Å². The quantitative estimate of drug-likeness (QED) is 0.0214. The number of carbonyl (C=O) groups is 2. The Balaban J connectivity index is 4.54. The first kappa shape index (κ1) is 55.2. The monoisotopic (exact) mass is 833 g/mol. The zero-order chi connectivity index (χ0) is 42.8. The van der Waals surface area contributed by atoms with E-state index in [9.17, 15) is 19.0 Å². The van der Waals surface area contributed by atoms with Gasteiger partial charge in [-0.15, -0.1) is 0 Å². The SMILES string of the molecule is CC/C=C\C/C=C\C/C=C\C/C=C\C/C=C\C/C=C\CCC(=O)OC(COC(=O)CC/C=C\CCCCCCCCCCCCC)COP(=O)(O)OCC[N+](C)(C)C. The minimum Gasteiger partial charge on any atom is -0.462 e. The summed E-state index contributed by atoms with van der Waals surface area (Å²) in [5, 5.41) is 0. The highest BCUT2D eigenvalue weighted by Crippen LogP contribution is 2.43. The number of carbonyl (C=O) groups excluding carboxylic acids is 2. The average Bonchev–Trinajstić information content (AvgIpc) is 3.17. The Morgan fingerprint density at radius 3 is 1.48 bits per heavy atom. The van der Waals surface area contributed by atoms with Crippen molar-refractivity contribution in [3.8, 4) is 0 Å². The maximum Gasteiger partial charge on any atom is 0.472 e. The van der Waals surface area contributed by atoms with E-state index in [-0.39, 0.29) is 26.1 Å². The van der Waals surface area contributed by atoms with Gasteiger partial charge in [-0.3, -0.25) is 18.6 Å². The van der Waals surface area contributed by atoms with Gasteiger partial charge in [-0.05, 0) is 64.2 Å². The third-order valence-corrected chi connectivity index (χ3v) is 9.92. The molecule has 58 heavy (non-hydrogen) atoms. The Labute approximate surface area is 354 Å². The van der Waals surface area contributed by atoms with Gasteiger partial charge in [0.25, 0.3) is 0 Å². The molecular weight excluding hydrogens is 750 g/mol. The number of phosphoric acid groups is 1. The lowest BCUT2D eigenvalue weighted by Gasteiger charge is -2.24. The van der Waals surface area contributed by atoms with Crippen LogP contribution in [0.5, 0.6) is 0 Å². The van der Waals surface area contributed by atoms with Crippen LogP contribution >= 0.6 is 7.82 Å². The molecular formula is C48H83NO8P+. The van der Waals surface area contributed by atoms with Crippen LogP contribution in [0.2, 0.25) is 0 Å². The largest absolute Gasteiger partial charge is 0.472 e. The number of phosphoric ester groups is 1. The molecule has 9 nitrogen and oxygen atoms in total. The van der Waals surface area contributed by atoms with Crippen LogP contribution in [0.25, 0.3) is 0 Å². The summed E-state index contributed by atoms with van der Waals surface area (Å²) in [6.45, 7) is 4.16. The fraction of sp³-hybridized carbons (Fsp3) is 0.667. The number of esters is 2. The molecule has 0 heterocycles. The topological polar surface area (TPSA) is 108 Å². The summed E-state index contributed by atoms with van der Waals surface area (Å²) in [5.41, 5.74) is 0. The van der Waals surface area contributed by atoms with Gasteiger partial charge >= 0.3 is 19.8 Å². The number of rotatable bonds is 39. The molecule has 0 amide bonds. The molecule has 0 aromatic carbocycles. The van der Waals surface area contributed by atoms with Crippen molar-refractivity contribution in [3.63, 3.8) is 0 Å². The molecule has 0 aliphatic heterocycles. The predicted molar refractivity (Wildman–Crippen MR) is 242 cm³/mol. The van der Waals surface area contributed by atoms with Crippen LogP contribution < -0.4 is 0 Å². The number of quaternary nitrogens is 1. The number of hydrogen-bond acceptors (Lipinski definition) is 7. The van der Waals surface area contributed by atoms with E-state index >= 15 is 0 Å². The predicted octanol–water partition coefficient (Wildman–Crippen LogP) is 12.8. The molecule has 0 aliphatic rings. The van der Waals surface area contributed by atoms with Gasteiger partial charge in [0.2, 0.25) is 0 Å². The van der Waals surface area contributed by atoms with E-state index in [0.717, 1.165) is 51.4 Å². The average molecular weight is 833 g/mol. The standard InChI is InChI=1S/C48H82NO8P/c1-6-8-10-12-14-16-18-20-22-23-24-25-27-29-31-33-35-37-39-41-48(51)57-46(45-56-58(52,53)55-43-42-49(3,4)5)44-54-47(50)40-38-36-34-32-30-28-26-21-19-17-15-13-11-9-7-2/h8,10,14,16,20,22,24-25,29,31,34-37,46H,6-7,9,11-13,15,17-19,21,23,26-28,30,32-33,38-45H2,1-5H3/p+1/b10-8-,16-14-,22-20-,25-24-,31-29-,36-34-,37-35-. The van der Waals surface area contributed by atoms with Crippen molar-refractivity contribution in [3.05, 3.63) is 85.1 Å². The van der Waals surface area contributed by atoms with Gasteiger partial charge in [0.05, 0.1) is 27.7 Å². The number of nitrogens with zero attached hydrogens (tertiary/aromatic N) is 1. The summed E-state index contributed by atoms with van der Waals surface area (Å²) < 4.78 is 34.1. The molecule has 1 N–H and O–H groups in total. The third-order valence-electron chi connectivity index (χ3n) is 8.94. The summed E-state index contributed by atoms with van der Waals surface area (Å²) in [6.07, 6.45) is 50.9. The van der Waals surface area contributed by atoms with E-state index in [4.69, 9.17) is 18.5 Å². The fourth-order valence-electron chi connectivity index (χ4n) is 5.47. The number of allylic oxidation sites excluding steroid dienone is 14. The van der Waals surface area contributed by atoms with Gasteiger partial charge in [-0.25, -0.2) is 4.57 Å². The summed E-state index contributed by atoms with van der Waals surface area (Å²) in [4.78, 5) is 35.3. The van der Waals surface area contributed by atoms with Crippen LogP contribution in [0.3, 0.4) is 0 Å². The molecule has 0 spiro atoms. The van der Waals surface area contributed by atoms with Gasteiger partial charge in [-0.1, -0.05) is 163 Å². The first-order valence-corrected chi connectivity index (χ1v) is 23.8. The number of unbranched alkanes of at least 4 members (excludes halogenated alkanes) is 11. The molecule has 0 aromatic heterocycles. The van der Waals surface area contributed by atoms with Gasteiger partial charge < -0.3 is 18.9 Å². The second-order valence-corrected chi connectivity index (χ2v) is 17.1. The van der Waals surface area contributed by atoms with Crippen molar-refractivity contribution in [2.75, 3.05) is 47.5 Å². The zero-order valence-corrected chi connectivity index (χ0v) is 38.1. The van der Waals surface area contributed by atoms with Crippen LogP contribution in [-0.4, -0.2) is 74.9 Å². The molecule has 332 valence electrons. The van der Waals surface area contributed by atoms with Crippen molar-refractivity contribution in [1.82, 2.24) is 0 Å². The summed E-state index contributed by atoms with van der Waals surface area (Å²) >= 11 is 0. The van der Waals surface area contributed by atoms with Crippen LogP contribution in [0.4, 0.5) is 0 Å². The highest BCUT2D eigenvalue weighted by molar-refractivity contribution is 7.47. The van der Waals surface area contributed by atoms with Crippen LogP contribution in [-0.2, 0) is 32.7 Å². The third kappa shape index (κ3) is 42.8. The van der Waals surface area contributed by atoms with Crippen molar-refractivity contribution in [2.24, 2.45) is 0 Å².